The van der Waals surface area contributed by atoms with E-state index in [-0.39, 0.29) is 10.0 Å². The van der Waals surface area contributed by atoms with Crippen LogP contribution in [0.4, 0.5) is 22.0 Å². The second kappa shape index (κ2) is 4.67. The Labute approximate surface area is 96.6 Å². The third-order valence-electron chi connectivity index (χ3n) is 1.90. The van der Waals surface area contributed by atoms with Gasteiger partial charge in [-0.1, -0.05) is 15.9 Å². The molecular weight excluding hydrogens is 297 g/mol. The first-order chi connectivity index (χ1) is 7.21. The number of hydrogen-bond acceptors (Lipinski definition) is 1. The van der Waals surface area contributed by atoms with Crippen molar-refractivity contribution in [3.05, 3.63) is 33.8 Å². The van der Waals surface area contributed by atoms with Gasteiger partial charge in [0, 0.05) is 4.47 Å². The summed E-state index contributed by atoms with van der Waals surface area (Å²) in [6.45, 7) is 0. The predicted molar refractivity (Wildman–Crippen MR) is 52.1 cm³/mol. The molecule has 90 valence electrons. The van der Waals surface area contributed by atoms with Gasteiger partial charge >= 0.3 is 6.18 Å². The van der Waals surface area contributed by atoms with E-state index >= 15 is 0 Å². The Morgan fingerprint density at radius 1 is 1.12 bits per heavy atom. The van der Waals surface area contributed by atoms with Crippen molar-refractivity contribution in [3.8, 4) is 0 Å². The highest BCUT2D eigenvalue weighted by molar-refractivity contribution is 9.10. The van der Waals surface area contributed by atoms with Crippen molar-refractivity contribution < 1.29 is 22.0 Å². The SMILES string of the molecule is N[C@H](c1cc(Br)cc(C(F)(F)F)c1)C(F)F. The van der Waals surface area contributed by atoms with Crippen LogP contribution in [0.15, 0.2) is 22.7 Å². The molecule has 0 bridgehead atoms. The topological polar surface area (TPSA) is 26.0 Å². The van der Waals surface area contributed by atoms with Crippen molar-refractivity contribution in [3.63, 3.8) is 0 Å². The van der Waals surface area contributed by atoms with Gasteiger partial charge in [-0.15, -0.1) is 0 Å². The van der Waals surface area contributed by atoms with E-state index in [9.17, 15) is 22.0 Å². The van der Waals surface area contributed by atoms with Crippen LogP contribution in [0.5, 0.6) is 0 Å². The van der Waals surface area contributed by atoms with Gasteiger partial charge in [-0.05, 0) is 23.8 Å². The van der Waals surface area contributed by atoms with E-state index in [1.165, 1.54) is 0 Å². The van der Waals surface area contributed by atoms with Crippen LogP contribution in [0.2, 0.25) is 0 Å². The summed E-state index contributed by atoms with van der Waals surface area (Å²) < 4.78 is 61.7. The van der Waals surface area contributed by atoms with Crippen LogP contribution >= 0.6 is 15.9 Å². The Hall–Kier alpha value is -0.690. The van der Waals surface area contributed by atoms with E-state index in [4.69, 9.17) is 5.73 Å². The fourth-order valence-electron chi connectivity index (χ4n) is 1.11. The second-order valence-corrected chi connectivity index (χ2v) is 4.05. The molecule has 1 aromatic rings. The van der Waals surface area contributed by atoms with Crippen LogP contribution in [0, 0.1) is 0 Å². The Bertz CT molecular complexity index is 377. The fourth-order valence-corrected chi connectivity index (χ4v) is 1.62. The highest BCUT2D eigenvalue weighted by atomic mass is 79.9. The average molecular weight is 304 g/mol. The zero-order valence-corrected chi connectivity index (χ0v) is 9.32. The first-order valence-corrected chi connectivity index (χ1v) is 4.92. The largest absolute Gasteiger partial charge is 0.416 e. The molecule has 0 aliphatic heterocycles. The number of nitrogens with two attached hydrogens (primary N) is 1. The van der Waals surface area contributed by atoms with Crippen LogP contribution in [0.25, 0.3) is 0 Å². The lowest BCUT2D eigenvalue weighted by molar-refractivity contribution is -0.137. The maximum absolute atomic E-state index is 12.4. The zero-order valence-electron chi connectivity index (χ0n) is 7.73. The molecule has 1 nitrogen and oxygen atoms in total. The fraction of sp³-hybridized carbons (Fsp3) is 0.333. The summed E-state index contributed by atoms with van der Waals surface area (Å²) in [6.07, 6.45) is -7.49. The van der Waals surface area contributed by atoms with Crippen molar-refractivity contribution >= 4 is 15.9 Å². The minimum absolute atomic E-state index is 0.0634. The molecular formula is C9H7BrF5N. The molecule has 1 rings (SSSR count). The number of rotatable bonds is 2. The normalized spacial score (nSPS) is 14.2. The van der Waals surface area contributed by atoms with E-state index in [0.717, 1.165) is 12.1 Å². The Kier molecular flexibility index (Phi) is 3.90. The maximum Gasteiger partial charge on any atom is 0.416 e. The van der Waals surface area contributed by atoms with Crippen molar-refractivity contribution in [2.24, 2.45) is 5.73 Å². The molecule has 1 atom stereocenters. The van der Waals surface area contributed by atoms with E-state index in [1.807, 2.05) is 0 Å². The first kappa shape index (κ1) is 13.4. The van der Waals surface area contributed by atoms with Gasteiger partial charge in [-0.25, -0.2) is 8.78 Å². The van der Waals surface area contributed by atoms with Gasteiger partial charge in [0.25, 0.3) is 6.43 Å². The number of halogens is 6. The van der Waals surface area contributed by atoms with Gasteiger partial charge in [0.1, 0.15) is 0 Å². The van der Waals surface area contributed by atoms with Gasteiger partial charge in [0.05, 0.1) is 11.6 Å². The molecule has 2 N–H and O–H groups in total. The summed E-state index contributed by atoms with van der Waals surface area (Å²) in [4.78, 5) is 0. The minimum atomic E-state index is -4.58. The van der Waals surface area contributed by atoms with Gasteiger partial charge < -0.3 is 5.73 Å². The monoisotopic (exact) mass is 303 g/mol. The van der Waals surface area contributed by atoms with Crippen LogP contribution in [-0.4, -0.2) is 6.43 Å². The smallest absolute Gasteiger partial charge is 0.319 e. The molecule has 0 amide bonds. The molecule has 0 unspecified atom stereocenters. The van der Waals surface area contributed by atoms with E-state index < -0.39 is 24.2 Å². The predicted octanol–water partition coefficient (Wildman–Crippen LogP) is 3.73. The van der Waals surface area contributed by atoms with Crippen LogP contribution < -0.4 is 5.73 Å². The molecule has 0 aromatic heterocycles. The number of benzene rings is 1. The van der Waals surface area contributed by atoms with Gasteiger partial charge in [0.15, 0.2) is 0 Å². The molecule has 0 aliphatic rings. The van der Waals surface area contributed by atoms with Crippen molar-refractivity contribution in [1.29, 1.82) is 0 Å². The Morgan fingerprint density at radius 2 is 1.69 bits per heavy atom. The summed E-state index contributed by atoms with van der Waals surface area (Å²) in [5.74, 6) is 0. The lowest BCUT2D eigenvalue weighted by atomic mass is 10.0. The first-order valence-electron chi connectivity index (χ1n) is 4.13. The standard InChI is InChI=1S/C9H7BrF5N/c10-6-2-4(7(16)8(11)12)1-5(3-6)9(13,14)15/h1-3,7-8H,16H2/t7-/m1/s1. The summed E-state index contributed by atoms with van der Waals surface area (Å²) in [6, 6.07) is 0.855. The number of hydrogen-bond donors (Lipinski definition) is 1. The minimum Gasteiger partial charge on any atom is -0.319 e. The maximum atomic E-state index is 12.4. The van der Waals surface area contributed by atoms with E-state index in [0.29, 0.717) is 6.07 Å². The van der Waals surface area contributed by atoms with Crippen molar-refractivity contribution in [1.82, 2.24) is 0 Å². The van der Waals surface area contributed by atoms with E-state index in [1.54, 1.807) is 0 Å². The molecule has 0 saturated carbocycles. The van der Waals surface area contributed by atoms with Crippen LogP contribution in [0.3, 0.4) is 0 Å². The quantitative estimate of drug-likeness (QED) is 0.828. The lowest BCUT2D eigenvalue weighted by Crippen LogP contribution is -2.19. The summed E-state index contributed by atoms with van der Waals surface area (Å²) in [7, 11) is 0. The highest BCUT2D eigenvalue weighted by Crippen LogP contribution is 2.33. The molecule has 1 aromatic carbocycles. The molecule has 0 aliphatic carbocycles. The molecule has 0 saturated heterocycles. The van der Waals surface area contributed by atoms with Crippen LogP contribution in [-0.2, 0) is 6.18 Å². The Balaban J connectivity index is 3.18. The van der Waals surface area contributed by atoms with Gasteiger partial charge in [-0.2, -0.15) is 13.2 Å². The Morgan fingerprint density at radius 3 is 2.12 bits per heavy atom. The summed E-state index contributed by atoms with van der Waals surface area (Å²) in [5, 5.41) is 0. The summed E-state index contributed by atoms with van der Waals surface area (Å²) in [5.41, 5.74) is 3.82. The third kappa shape index (κ3) is 3.15. The molecule has 0 fully saturated rings. The van der Waals surface area contributed by atoms with Crippen LogP contribution in [0.1, 0.15) is 17.2 Å². The van der Waals surface area contributed by atoms with Gasteiger partial charge in [-0.3, -0.25) is 0 Å². The van der Waals surface area contributed by atoms with E-state index in [2.05, 4.69) is 15.9 Å². The second-order valence-electron chi connectivity index (χ2n) is 3.13. The van der Waals surface area contributed by atoms with Gasteiger partial charge in [0.2, 0.25) is 0 Å². The summed E-state index contributed by atoms with van der Waals surface area (Å²) >= 11 is 2.82. The molecule has 0 heterocycles. The molecule has 0 spiro atoms. The third-order valence-corrected chi connectivity index (χ3v) is 2.36. The van der Waals surface area contributed by atoms with Crippen molar-refractivity contribution in [2.45, 2.75) is 18.6 Å². The highest BCUT2D eigenvalue weighted by Gasteiger charge is 2.32. The number of alkyl halides is 5. The lowest BCUT2D eigenvalue weighted by Gasteiger charge is -2.14. The van der Waals surface area contributed by atoms with Crippen molar-refractivity contribution in [2.75, 3.05) is 0 Å². The molecule has 0 radical (unpaired) electrons. The molecule has 7 heteroatoms. The molecule has 16 heavy (non-hydrogen) atoms. The zero-order chi connectivity index (χ0) is 12.5. The average Bonchev–Trinajstić information content (AvgIpc) is 2.14.